The van der Waals surface area contributed by atoms with Crippen molar-refractivity contribution < 1.29 is 4.21 Å². The molecule has 1 aromatic rings. The molecule has 0 amide bonds. The molecule has 1 heterocycles. The predicted molar refractivity (Wildman–Crippen MR) is 68.9 cm³/mol. The van der Waals surface area contributed by atoms with Gasteiger partial charge in [-0.1, -0.05) is 29.8 Å². The molecular weight excluding hydrogens is 218 g/mol. The van der Waals surface area contributed by atoms with Gasteiger partial charge in [0.05, 0.1) is 0 Å². The molecule has 16 heavy (non-hydrogen) atoms. The normalized spacial score (nSPS) is 25.6. The molecule has 2 rings (SSSR count). The van der Waals surface area contributed by atoms with Crippen LogP contribution in [0.3, 0.4) is 0 Å². The summed E-state index contributed by atoms with van der Waals surface area (Å²) in [7, 11) is -0.553. The summed E-state index contributed by atoms with van der Waals surface area (Å²) in [5.74, 6) is 1.73. The van der Waals surface area contributed by atoms with Crippen molar-refractivity contribution in [1.82, 2.24) is 5.32 Å². The molecule has 1 aromatic carbocycles. The van der Waals surface area contributed by atoms with Crippen LogP contribution >= 0.6 is 0 Å². The monoisotopic (exact) mass is 237 g/mol. The van der Waals surface area contributed by atoms with E-state index in [4.69, 9.17) is 0 Å². The van der Waals surface area contributed by atoms with E-state index in [1.165, 1.54) is 11.1 Å². The van der Waals surface area contributed by atoms with Crippen molar-refractivity contribution >= 4 is 10.8 Å². The van der Waals surface area contributed by atoms with Crippen LogP contribution in [0.15, 0.2) is 24.3 Å². The van der Waals surface area contributed by atoms with Crippen molar-refractivity contribution in [2.45, 2.75) is 32.4 Å². The Morgan fingerprint density at radius 2 is 2.12 bits per heavy atom. The Morgan fingerprint density at radius 1 is 1.38 bits per heavy atom. The summed E-state index contributed by atoms with van der Waals surface area (Å²) in [6, 6.07) is 9.14. The van der Waals surface area contributed by atoms with Gasteiger partial charge in [0, 0.05) is 34.9 Å². The van der Waals surface area contributed by atoms with Crippen LogP contribution in [-0.4, -0.2) is 21.8 Å². The second-order valence-corrected chi connectivity index (χ2v) is 6.19. The zero-order valence-corrected chi connectivity index (χ0v) is 10.6. The molecule has 88 valence electrons. The van der Waals surface area contributed by atoms with E-state index >= 15 is 0 Å². The molecule has 0 spiro atoms. The molecule has 0 atom stereocenters. The molecule has 1 saturated heterocycles. The lowest BCUT2D eigenvalue weighted by Crippen LogP contribution is -2.35. The molecule has 0 aliphatic carbocycles. The first-order valence-electron chi connectivity index (χ1n) is 5.88. The topological polar surface area (TPSA) is 29.1 Å². The largest absolute Gasteiger partial charge is 0.310 e. The molecular formula is C13H19NOS. The minimum Gasteiger partial charge on any atom is -0.310 e. The first-order chi connectivity index (χ1) is 7.74. The van der Waals surface area contributed by atoms with Crippen molar-refractivity contribution in [1.29, 1.82) is 0 Å². The van der Waals surface area contributed by atoms with Crippen LogP contribution in [0, 0.1) is 6.92 Å². The third-order valence-corrected chi connectivity index (χ3v) is 4.45. The van der Waals surface area contributed by atoms with Crippen molar-refractivity contribution in [3.8, 4) is 0 Å². The Balaban J connectivity index is 1.81. The second-order valence-electron chi connectivity index (χ2n) is 4.49. The highest BCUT2D eigenvalue weighted by Crippen LogP contribution is 2.10. The molecule has 0 radical (unpaired) electrons. The fourth-order valence-corrected chi connectivity index (χ4v) is 3.38. The number of aryl methyl sites for hydroxylation is 1. The van der Waals surface area contributed by atoms with Crippen LogP contribution in [-0.2, 0) is 17.3 Å². The van der Waals surface area contributed by atoms with Gasteiger partial charge in [-0.25, -0.2) is 0 Å². The van der Waals surface area contributed by atoms with Gasteiger partial charge in [0.15, 0.2) is 0 Å². The van der Waals surface area contributed by atoms with Crippen molar-refractivity contribution in [3.63, 3.8) is 0 Å². The average molecular weight is 237 g/mol. The maximum atomic E-state index is 11.2. The van der Waals surface area contributed by atoms with E-state index in [0.717, 1.165) is 30.9 Å². The Morgan fingerprint density at radius 3 is 2.81 bits per heavy atom. The van der Waals surface area contributed by atoms with Crippen LogP contribution in [0.5, 0.6) is 0 Å². The third kappa shape index (κ3) is 3.42. The third-order valence-electron chi connectivity index (χ3n) is 3.07. The quantitative estimate of drug-likeness (QED) is 0.871. The minimum atomic E-state index is -0.553. The Bertz CT molecular complexity index is 368. The summed E-state index contributed by atoms with van der Waals surface area (Å²) in [6.07, 6.45) is 2.11. The molecule has 1 aliphatic heterocycles. The van der Waals surface area contributed by atoms with Gasteiger partial charge >= 0.3 is 0 Å². The van der Waals surface area contributed by atoms with Crippen molar-refractivity contribution in [2.24, 2.45) is 0 Å². The van der Waals surface area contributed by atoms with E-state index in [1.807, 2.05) is 0 Å². The lowest BCUT2D eigenvalue weighted by atomic mass is 10.1. The van der Waals surface area contributed by atoms with Gasteiger partial charge in [-0.15, -0.1) is 0 Å². The van der Waals surface area contributed by atoms with Gasteiger partial charge in [0.25, 0.3) is 0 Å². The van der Waals surface area contributed by atoms with Crippen LogP contribution in [0.25, 0.3) is 0 Å². The molecule has 1 aliphatic rings. The first kappa shape index (κ1) is 11.8. The SMILES string of the molecule is Cc1cccc(CNC2CCS(=O)CC2)c1. The van der Waals surface area contributed by atoms with Crippen molar-refractivity contribution in [3.05, 3.63) is 35.4 Å². The molecule has 1 fully saturated rings. The predicted octanol–water partition coefficient (Wildman–Crippen LogP) is 2.00. The van der Waals surface area contributed by atoms with Gasteiger partial charge < -0.3 is 5.32 Å². The maximum absolute atomic E-state index is 11.2. The summed E-state index contributed by atoms with van der Waals surface area (Å²) in [5, 5.41) is 3.55. The second kappa shape index (κ2) is 5.60. The lowest BCUT2D eigenvalue weighted by molar-refractivity contribution is 0.475. The van der Waals surface area contributed by atoms with Crippen molar-refractivity contribution in [2.75, 3.05) is 11.5 Å². The van der Waals surface area contributed by atoms with E-state index in [2.05, 4.69) is 36.5 Å². The molecule has 3 heteroatoms. The highest BCUT2D eigenvalue weighted by atomic mass is 32.2. The highest BCUT2D eigenvalue weighted by Gasteiger charge is 2.16. The summed E-state index contributed by atoms with van der Waals surface area (Å²) in [6.45, 7) is 3.05. The maximum Gasteiger partial charge on any atom is 0.0249 e. The highest BCUT2D eigenvalue weighted by molar-refractivity contribution is 7.85. The Hall–Kier alpha value is -0.670. The number of hydrogen-bond acceptors (Lipinski definition) is 2. The van der Waals surface area contributed by atoms with Crippen LogP contribution in [0.1, 0.15) is 24.0 Å². The van der Waals surface area contributed by atoms with Gasteiger partial charge in [-0.05, 0) is 25.3 Å². The summed E-state index contributed by atoms with van der Waals surface area (Å²) in [5.41, 5.74) is 2.65. The van der Waals surface area contributed by atoms with Gasteiger partial charge in [0.2, 0.25) is 0 Å². The Kier molecular flexibility index (Phi) is 4.13. The number of benzene rings is 1. The summed E-state index contributed by atoms with van der Waals surface area (Å²) in [4.78, 5) is 0. The minimum absolute atomic E-state index is 0.553. The van der Waals surface area contributed by atoms with Crippen LogP contribution in [0.2, 0.25) is 0 Å². The van der Waals surface area contributed by atoms with Gasteiger partial charge in [0.1, 0.15) is 0 Å². The average Bonchev–Trinajstić information content (AvgIpc) is 2.28. The zero-order valence-electron chi connectivity index (χ0n) is 9.74. The van der Waals surface area contributed by atoms with Gasteiger partial charge in [-0.2, -0.15) is 0 Å². The molecule has 0 aromatic heterocycles. The van der Waals surface area contributed by atoms with E-state index in [1.54, 1.807) is 0 Å². The number of hydrogen-bond donors (Lipinski definition) is 1. The Labute approximate surface area is 99.9 Å². The number of rotatable bonds is 3. The standard InChI is InChI=1S/C13H19NOS/c1-11-3-2-4-12(9-11)10-14-13-5-7-16(15)8-6-13/h2-4,9,13-14H,5-8,10H2,1H3. The summed E-state index contributed by atoms with van der Waals surface area (Å²) < 4.78 is 11.2. The van der Waals surface area contributed by atoms with Crippen LogP contribution in [0.4, 0.5) is 0 Å². The fraction of sp³-hybridized carbons (Fsp3) is 0.538. The van der Waals surface area contributed by atoms with E-state index in [-0.39, 0.29) is 0 Å². The molecule has 0 unspecified atom stereocenters. The molecule has 1 N–H and O–H groups in total. The van der Waals surface area contributed by atoms with E-state index < -0.39 is 10.8 Å². The van der Waals surface area contributed by atoms with E-state index in [9.17, 15) is 4.21 Å². The summed E-state index contributed by atoms with van der Waals surface area (Å²) >= 11 is 0. The van der Waals surface area contributed by atoms with Gasteiger partial charge in [-0.3, -0.25) is 4.21 Å². The molecule has 0 bridgehead atoms. The lowest BCUT2D eigenvalue weighted by Gasteiger charge is -2.22. The zero-order chi connectivity index (χ0) is 11.4. The molecule has 0 saturated carbocycles. The first-order valence-corrected chi connectivity index (χ1v) is 7.37. The number of nitrogens with one attached hydrogen (secondary N) is 1. The smallest absolute Gasteiger partial charge is 0.0249 e. The fourth-order valence-electron chi connectivity index (χ4n) is 2.08. The van der Waals surface area contributed by atoms with E-state index in [0.29, 0.717) is 6.04 Å². The molecule has 2 nitrogen and oxygen atoms in total. The van der Waals surface area contributed by atoms with Crippen LogP contribution < -0.4 is 5.32 Å².